The topological polar surface area (TPSA) is 55.1 Å². The van der Waals surface area contributed by atoms with Crippen molar-refractivity contribution in [3.05, 3.63) is 110 Å². The summed E-state index contributed by atoms with van der Waals surface area (Å²) in [5, 5.41) is 10.1. The number of aromatic nitrogens is 2. The molecule has 0 radical (unpaired) electrons. The van der Waals surface area contributed by atoms with Crippen LogP contribution in [-0.2, 0) is 17.8 Å². The number of hydrogen-bond donors (Lipinski definition) is 1. The van der Waals surface area contributed by atoms with Crippen molar-refractivity contribution in [3.8, 4) is 11.3 Å². The van der Waals surface area contributed by atoms with E-state index in [-0.39, 0.29) is 6.42 Å². The smallest absolute Gasteiger partial charge is 0.307 e. The van der Waals surface area contributed by atoms with E-state index in [2.05, 4.69) is 15.9 Å². The van der Waals surface area contributed by atoms with Crippen LogP contribution in [0.15, 0.2) is 77.4 Å². The highest BCUT2D eigenvalue weighted by Crippen LogP contribution is 2.30. The van der Waals surface area contributed by atoms with Crippen molar-refractivity contribution >= 4 is 57.3 Å². The van der Waals surface area contributed by atoms with Crippen molar-refractivity contribution in [1.82, 2.24) is 9.55 Å². The van der Waals surface area contributed by atoms with Gasteiger partial charge in [0.05, 0.1) is 17.1 Å². The first-order chi connectivity index (χ1) is 15.9. The van der Waals surface area contributed by atoms with Crippen LogP contribution in [0.25, 0.3) is 23.4 Å². The van der Waals surface area contributed by atoms with Gasteiger partial charge in [-0.05, 0) is 53.1 Å². The zero-order chi connectivity index (χ0) is 23.4. The second-order valence-corrected chi connectivity index (χ2v) is 9.27. The highest BCUT2D eigenvalue weighted by atomic mass is 79.9. The van der Waals surface area contributed by atoms with Gasteiger partial charge in [0.1, 0.15) is 5.82 Å². The van der Waals surface area contributed by atoms with E-state index in [0.717, 1.165) is 38.2 Å². The number of carbonyl (C=O) groups is 1. The van der Waals surface area contributed by atoms with Crippen LogP contribution >= 0.6 is 39.1 Å². The monoisotopic (exact) mass is 540 g/mol. The van der Waals surface area contributed by atoms with Crippen LogP contribution in [0.3, 0.4) is 0 Å². The molecule has 1 aromatic heterocycles. The van der Waals surface area contributed by atoms with E-state index in [0.29, 0.717) is 16.6 Å². The summed E-state index contributed by atoms with van der Waals surface area (Å²) in [6.07, 6.45) is 5.94. The molecule has 0 aliphatic heterocycles. The molecule has 4 aromatic rings. The van der Waals surface area contributed by atoms with Crippen molar-refractivity contribution < 1.29 is 9.90 Å². The maximum Gasteiger partial charge on any atom is 0.307 e. The fourth-order valence-corrected chi connectivity index (χ4v) is 4.16. The van der Waals surface area contributed by atoms with Crippen molar-refractivity contribution in [2.24, 2.45) is 0 Å². The molecule has 4 nitrogen and oxygen atoms in total. The largest absolute Gasteiger partial charge is 0.481 e. The third-order valence-electron chi connectivity index (χ3n) is 5.04. The first-order valence-electron chi connectivity index (χ1n) is 10.1. The van der Waals surface area contributed by atoms with Gasteiger partial charge in [-0.2, -0.15) is 0 Å². The van der Waals surface area contributed by atoms with Crippen LogP contribution in [0.4, 0.5) is 0 Å². The lowest BCUT2D eigenvalue weighted by atomic mass is 10.1. The SMILES string of the molecule is O=C(O)Cc1ccc(Cn2cc(-c3ccc(Cl)cc3Cl)nc2/C=C/c2ccc(Br)cc2)cc1. The Morgan fingerprint density at radius 1 is 0.970 bits per heavy atom. The first-order valence-corrected chi connectivity index (χ1v) is 11.7. The van der Waals surface area contributed by atoms with Gasteiger partial charge in [-0.1, -0.05) is 81.6 Å². The Balaban J connectivity index is 1.68. The lowest BCUT2D eigenvalue weighted by Crippen LogP contribution is -2.02. The van der Waals surface area contributed by atoms with Crippen LogP contribution in [0.2, 0.25) is 10.0 Å². The standard InChI is InChI=1S/C26H19BrCl2N2O2/c27-20-8-5-17(6-9-20)7-12-25-30-24(22-11-10-21(28)14-23(22)29)16-31(25)15-19-3-1-18(2-4-19)13-26(32)33/h1-12,14,16H,13,15H2,(H,32,33)/b12-7+. The van der Waals surface area contributed by atoms with E-state index < -0.39 is 5.97 Å². The van der Waals surface area contributed by atoms with E-state index >= 15 is 0 Å². The molecule has 0 spiro atoms. The third kappa shape index (κ3) is 6.14. The molecular formula is C26H19BrCl2N2O2. The summed E-state index contributed by atoms with van der Waals surface area (Å²) in [7, 11) is 0. The summed E-state index contributed by atoms with van der Waals surface area (Å²) in [5.41, 5.74) is 4.40. The lowest BCUT2D eigenvalue weighted by Gasteiger charge is -2.07. The van der Waals surface area contributed by atoms with E-state index in [1.165, 1.54) is 0 Å². The highest BCUT2D eigenvalue weighted by Gasteiger charge is 2.12. The maximum atomic E-state index is 10.9. The van der Waals surface area contributed by atoms with Crippen molar-refractivity contribution in [1.29, 1.82) is 0 Å². The summed E-state index contributed by atoms with van der Waals surface area (Å²) >= 11 is 15.9. The number of imidazole rings is 1. The third-order valence-corrected chi connectivity index (χ3v) is 6.12. The molecule has 0 unspecified atom stereocenters. The van der Waals surface area contributed by atoms with Crippen LogP contribution in [-0.4, -0.2) is 20.6 Å². The van der Waals surface area contributed by atoms with Crippen LogP contribution in [0, 0.1) is 0 Å². The zero-order valence-electron chi connectivity index (χ0n) is 17.4. The van der Waals surface area contributed by atoms with Gasteiger partial charge in [-0.15, -0.1) is 0 Å². The Hall–Kier alpha value is -2.86. The van der Waals surface area contributed by atoms with Gasteiger partial charge in [-0.3, -0.25) is 4.79 Å². The molecule has 0 aliphatic carbocycles. The van der Waals surface area contributed by atoms with Crippen molar-refractivity contribution in [3.63, 3.8) is 0 Å². The van der Waals surface area contributed by atoms with E-state index in [4.69, 9.17) is 33.3 Å². The molecule has 1 N–H and O–H groups in total. The number of aliphatic carboxylic acids is 1. The van der Waals surface area contributed by atoms with Gasteiger partial charge >= 0.3 is 5.97 Å². The number of nitrogens with zero attached hydrogens (tertiary/aromatic N) is 2. The Bertz CT molecular complexity index is 1310. The number of carboxylic acids is 1. The Morgan fingerprint density at radius 2 is 1.67 bits per heavy atom. The molecule has 4 rings (SSSR count). The molecule has 0 aliphatic rings. The summed E-state index contributed by atoms with van der Waals surface area (Å²) in [4.78, 5) is 15.8. The number of benzene rings is 3. The predicted molar refractivity (Wildman–Crippen MR) is 138 cm³/mol. The molecule has 7 heteroatoms. The Kier molecular flexibility index (Phi) is 7.33. The summed E-state index contributed by atoms with van der Waals surface area (Å²) in [5.74, 6) is -0.0734. The van der Waals surface area contributed by atoms with E-state index in [1.54, 1.807) is 12.1 Å². The van der Waals surface area contributed by atoms with E-state index in [9.17, 15) is 4.79 Å². The molecule has 0 amide bonds. The quantitative estimate of drug-likeness (QED) is 0.264. The van der Waals surface area contributed by atoms with Gasteiger partial charge in [0.15, 0.2) is 0 Å². The summed E-state index contributed by atoms with van der Waals surface area (Å²) < 4.78 is 3.06. The molecule has 166 valence electrons. The Labute approximate surface area is 210 Å². The predicted octanol–water partition coefficient (Wildman–Crippen LogP) is 7.47. The van der Waals surface area contributed by atoms with Crippen LogP contribution in [0.5, 0.6) is 0 Å². The van der Waals surface area contributed by atoms with Crippen molar-refractivity contribution in [2.45, 2.75) is 13.0 Å². The van der Waals surface area contributed by atoms with Crippen LogP contribution in [0.1, 0.15) is 22.5 Å². The van der Waals surface area contributed by atoms with Gasteiger partial charge in [0, 0.05) is 27.8 Å². The number of hydrogen-bond acceptors (Lipinski definition) is 2. The minimum atomic E-state index is -0.845. The normalized spacial score (nSPS) is 11.2. The molecule has 33 heavy (non-hydrogen) atoms. The van der Waals surface area contributed by atoms with Crippen molar-refractivity contribution in [2.75, 3.05) is 0 Å². The summed E-state index contributed by atoms with van der Waals surface area (Å²) in [6, 6.07) is 20.9. The van der Waals surface area contributed by atoms with Gasteiger partial charge in [0.2, 0.25) is 0 Å². The van der Waals surface area contributed by atoms with Gasteiger partial charge < -0.3 is 9.67 Å². The first kappa shape index (κ1) is 23.3. The lowest BCUT2D eigenvalue weighted by molar-refractivity contribution is -0.136. The number of halogens is 3. The summed E-state index contributed by atoms with van der Waals surface area (Å²) in [6.45, 7) is 0.575. The van der Waals surface area contributed by atoms with E-state index in [1.807, 2.05) is 77.5 Å². The zero-order valence-corrected chi connectivity index (χ0v) is 20.5. The van der Waals surface area contributed by atoms with Gasteiger partial charge in [-0.25, -0.2) is 4.98 Å². The second kappa shape index (κ2) is 10.4. The molecule has 1 heterocycles. The molecular weight excluding hydrogens is 523 g/mol. The number of rotatable bonds is 7. The van der Waals surface area contributed by atoms with Crippen LogP contribution < -0.4 is 0 Å². The highest BCUT2D eigenvalue weighted by molar-refractivity contribution is 9.10. The Morgan fingerprint density at radius 3 is 2.33 bits per heavy atom. The average molecular weight is 542 g/mol. The average Bonchev–Trinajstić information content (AvgIpc) is 3.16. The molecule has 0 atom stereocenters. The molecule has 0 saturated heterocycles. The van der Waals surface area contributed by atoms with Gasteiger partial charge in [0.25, 0.3) is 0 Å². The second-order valence-electron chi connectivity index (χ2n) is 7.51. The minimum absolute atomic E-state index is 0.00570. The minimum Gasteiger partial charge on any atom is -0.481 e. The number of carboxylic acid groups (broad SMARTS) is 1. The molecule has 0 bridgehead atoms. The molecule has 3 aromatic carbocycles. The molecule has 0 saturated carbocycles. The fourth-order valence-electron chi connectivity index (χ4n) is 3.40. The fraction of sp³-hybridized carbons (Fsp3) is 0.0769. The maximum absolute atomic E-state index is 10.9. The molecule has 0 fully saturated rings.